The van der Waals surface area contributed by atoms with E-state index in [-0.39, 0.29) is 0 Å². The van der Waals surface area contributed by atoms with Crippen LogP contribution in [0.1, 0.15) is 25.3 Å². The molecule has 0 nitrogen and oxygen atoms in total. The highest BCUT2D eigenvalue weighted by molar-refractivity contribution is 7.98. The smallest absolute Gasteiger partial charge is 0.00755 e. The number of thioether (sulfide) groups is 1. The minimum Gasteiger partial charge on any atom is -0.130 e. The molecule has 0 heterocycles. The molecule has 0 spiro atoms. The van der Waals surface area contributed by atoms with Crippen LogP contribution in [-0.4, -0.2) is 6.26 Å². The molecule has 0 saturated heterocycles. The van der Waals surface area contributed by atoms with Crippen molar-refractivity contribution >= 4 is 22.5 Å². The van der Waals surface area contributed by atoms with E-state index in [2.05, 4.69) is 49.6 Å². The van der Waals surface area contributed by atoms with Crippen LogP contribution in [0.2, 0.25) is 0 Å². The highest BCUT2D eigenvalue weighted by Gasteiger charge is 1.98. The lowest BCUT2D eigenvalue weighted by Crippen LogP contribution is -1.84. The third-order valence-corrected chi connectivity index (χ3v) is 3.66. The zero-order valence-electron chi connectivity index (χ0n) is 9.99. The van der Waals surface area contributed by atoms with Gasteiger partial charge in [-0.3, -0.25) is 0 Å². The summed E-state index contributed by atoms with van der Waals surface area (Å²) in [6.07, 6.45) is 5.88. The molecule has 2 rings (SSSR count). The van der Waals surface area contributed by atoms with E-state index in [0.717, 1.165) is 0 Å². The Balaban J connectivity index is 2.32. The zero-order valence-corrected chi connectivity index (χ0v) is 10.8. The molecular weight excluding hydrogens is 212 g/mol. The molecule has 16 heavy (non-hydrogen) atoms. The summed E-state index contributed by atoms with van der Waals surface area (Å²) >= 11 is 1.80. The van der Waals surface area contributed by atoms with Crippen LogP contribution in [0.3, 0.4) is 0 Å². The molecule has 84 valence electrons. The van der Waals surface area contributed by atoms with Crippen LogP contribution in [0.5, 0.6) is 0 Å². The number of hydrogen-bond acceptors (Lipinski definition) is 1. The molecular formula is C15H18S. The fourth-order valence-electron chi connectivity index (χ4n) is 1.94. The van der Waals surface area contributed by atoms with E-state index in [1.807, 2.05) is 0 Å². The fourth-order valence-corrected chi connectivity index (χ4v) is 2.39. The van der Waals surface area contributed by atoms with Gasteiger partial charge in [0.1, 0.15) is 0 Å². The van der Waals surface area contributed by atoms with Crippen LogP contribution in [0.4, 0.5) is 0 Å². The Kier molecular flexibility index (Phi) is 3.89. The molecule has 0 aliphatic carbocycles. The largest absolute Gasteiger partial charge is 0.130 e. The Hall–Kier alpha value is -0.950. The maximum Gasteiger partial charge on any atom is 0.00755 e. The van der Waals surface area contributed by atoms with Gasteiger partial charge in [-0.25, -0.2) is 0 Å². The van der Waals surface area contributed by atoms with Crippen molar-refractivity contribution in [2.24, 2.45) is 0 Å². The van der Waals surface area contributed by atoms with E-state index < -0.39 is 0 Å². The minimum atomic E-state index is 1.21. The van der Waals surface area contributed by atoms with E-state index in [4.69, 9.17) is 0 Å². The first-order valence-corrected chi connectivity index (χ1v) is 7.12. The number of unbranched alkanes of at least 4 members (excludes halogenated alkanes) is 1. The predicted molar refractivity (Wildman–Crippen MR) is 74.3 cm³/mol. The van der Waals surface area contributed by atoms with E-state index in [0.29, 0.717) is 0 Å². The Morgan fingerprint density at radius 2 is 1.75 bits per heavy atom. The maximum absolute atomic E-state index is 2.33. The van der Waals surface area contributed by atoms with Gasteiger partial charge in [0.15, 0.2) is 0 Å². The van der Waals surface area contributed by atoms with Crippen LogP contribution < -0.4 is 0 Å². The summed E-state index contributed by atoms with van der Waals surface area (Å²) in [5.74, 6) is 0. The van der Waals surface area contributed by atoms with Gasteiger partial charge in [0.2, 0.25) is 0 Å². The second-order valence-electron chi connectivity index (χ2n) is 4.15. The Morgan fingerprint density at radius 3 is 2.50 bits per heavy atom. The SMILES string of the molecule is CCCCc1ccc2cc(SC)ccc2c1. The summed E-state index contributed by atoms with van der Waals surface area (Å²) in [6, 6.07) is 13.5. The first kappa shape index (κ1) is 11.5. The summed E-state index contributed by atoms with van der Waals surface area (Å²) in [7, 11) is 0. The van der Waals surface area contributed by atoms with Gasteiger partial charge in [-0.05, 0) is 47.6 Å². The van der Waals surface area contributed by atoms with Crippen molar-refractivity contribution in [3.63, 3.8) is 0 Å². The number of benzene rings is 2. The van der Waals surface area contributed by atoms with Gasteiger partial charge in [0.25, 0.3) is 0 Å². The molecule has 0 atom stereocenters. The van der Waals surface area contributed by atoms with Gasteiger partial charge >= 0.3 is 0 Å². The highest BCUT2D eigenvalue weighted by atomic mass is 32.2. The standard InChI is InChI=1S/C15H18S/c1-3-4-5-12-6-7-14-11-15(16-2)9-8-13(14)10-12/h6-11H,3-5H2,1-2H3. The third-order valence-electron chi connectivity index (χ3n) is 2.93. The molecule has 0 unspecified atom stereocenters. The first-order chi connectivity index (χ1) is 7.83. The van der Waals surface area contributed by atoms with Gasteiger partial charge in [0.05, 0.1) is 0 Å². The predicted octanol–water partition coefficient (Wildman–Crippen LogP) is 4.90. The van der Waals surface area contributed by atoms with Crippen molar-refractivity contribution < 1.29 is 0 Å². The van der Waals surface area contributed by atoms with Crippen LogP contribution in [0.25, 0.3) is 10.8 Å². The molecule has 0 fully saturated rings. The summed E-state index contributed by atoms with van der Waals surface area (Å²) in [5.41, 5.74) is 1.46. The lowest BCUT2D eigenvalue weighted by atomic mass is 10.0. The molecule has 0 radical (unpaired) electrons. The Labute approximate surface area is 102 Å². The molecule has 0 aliphatic heterocycles. The van der Waals surface area contributed by atoms with Crippen molar-refractivity contribution in [3.05, 3.63) is 42.0 Å². The van der Waals surface area contributed by atoms with Crippen molar-refractivity contribution in [1.29, 1.82) is 0 Å². The molecule has 1 heteroatoms. The average Bonchev–Trinajstić information content (AvgIpc) is 2.35. The monoisotopic (exact) mass is 230 g/mol. The first-order valence-electron chi connectivity index (χ1n) is 5.90. The van der Waals surface area contributed by atoms with E-state index in [9.17, 15) is 0 Å². The van der Waals surface area contributed by atoms with E-state index in [1.165, 1.54) is 40.5 Å². The molecule has 2 aromatic carbocycles. The number of hydrogen-bond donors (Lipinski definition) is 0. The van der Waals surface area contributed by atoms with Gasteiger partial charge in [-0.2, -0.15) is 0 Å². The Bertz CT molecular complexity index is 474. The average molecular weight is 230 g/mol. The molecule has 2 aromatic rings. The van der Waals surface area contributed by atoms with Crippen LogP contribution in [0.15, 0.2) is 41.3 Å². The lowest BCUT2D eigenvalue weighted by Gasteiger charge is -2.04. The molecule has 0 N–H and O–H groups in total. The minimum absolute atomic E-state index is 1.21. The van der Waals surface area contributed by atoms with E-state index in [1.54, 1.807) is 11.8 Å². The van der Waals surface area contributed by atoms with Gasteiger partial charge in [0, 0.05) is 4.90 Å². The normalized spacial score (nSPS) is 10.9. The van der Waals surface area contributed by atoms with Crippen molar-refractivity contribution in [3.8, 4) is 0 Å². The molecule has 0 aliphatic rings. The van der Waals surface area contributed by atoms with Crippen molar-refractivity contribution in [1.82, 2.24) is 0 Å². The van der Waals surface area contributed by atoms with E-state index >= 15 is 0 Å². The Morgan fingerprint density at radius 1 is 1.00 bits per heavy atom. The highest BCUT2D eigenvalue weighted by Crippen LogP contribution is 2.23. The van der Waals surface area contributed by atoms with Crippen LogP contribution >= 0.6 is 11.8 Å². The zero-order chi connectivity index (χ0) is 11.4. The van der Waals surface area contributed by atoms with Crippen LogP contribution in [-0.2, 0) is 6.42 Å². The van der Waals surface area contributed by atoms with Gasteiger partial charge in [-0.1, -0.05) is 37.6 Å². The van der Waals surface area contributed by atoms with Crippen molar-refractivity contribution in [2.75, 3.05) is 6.26 Å². The summed E-state index contributed by atoms with van der Waals surface area (Å²) in [4.78, 5) is 1.34. The number of fused-ring (bicyclic) bond motifs is 1. The second-order valence-corrected chi connectivity index (χ2v) is 5.03. The van der Waals surface area contributed by atoms with Gasteiger partial charge in [-0.15, -0.1) is 11.8 Å². The maximum atomic E-state index is 2.33. The third kappa shape index (κ3) is 2.59. The molecule has 0 bridgehead atoms. The molecule has 0 saturated carbocycles. The fraction of sp³-hybridized carbons (Fsp3) is 0.333. The second kappa shape index (κ2) is 5.40. The lowest BCUT2D eigenvalue weighted by molar-refractivity contribution is 0.796. The number of aryl methyl sites for hydroxylation is 1. The molecule has 0 aromatic heterocycles. The topological polar surface area (TPSA) is 0 Å². The summed E-state index contributed by atoms with van der Waals surface area (Å²) < 4.78 is 0. The van der Waals surface area contributed by atoms with Crippen LogP contribution in [0, 0.1) is 0 Å². The molecule has 0 amide bonds. The summed E-state index contributed by atoms with van der Waals surface area (Å²) in [5, 5.41) is 2.72. The van der Waals surface area contributed by atoms with Crippen molar-refractivity contribution in [2.45, 2.75) is 31.1 Å². The quantitative estimate of drug-likeness (QED) is 0.673. The number of rotatable bonds is 4. The van der Waals surface area contributed by atoms with Gasteiger partial charge < -0.3 is 0 Å². The summed E-state index contributed by atoms with van der Waals surface area (Å²) in [6.45, 7) is 2.24.